The molecule has 0 saturated carbocycles. The van der Waals surface area contributed by atoms with E-state index in [0.717, 1.165) is 38.5 Å². The topological polar surface area (TPSA) is 67.5 Å². The molecule has 20 heavy (non-hydrogen) atoms. The number of piperazine rings is 1. The first-order valence-corrected chi connectivity index (χ1v) is 7.39. The van der Waals surface area contributed by atoms with Gasteiger partial charge >= 0.3 is 0 Å². The van der Waals surface area contributed by atoms with Crippen molar-refractivity contribution in [1.82, 2.24) is 14.9 Å². The molecule has 2 heterocycles. The van der Waals surface area contributed by atoms with Crippen molar-refractivity contribution in [2.45, 2.75) is 26.3 Å². The molecule has 1 aliphatic rings. The third kappa shape index (κ3) is 3.80. The number of hydrogen-bond donors (Lipinski definition) is 1. The van der Waals surface area contributed by atoms with Gasteiger partial charge in [-0.15, -0.1) is 0 Å². The van der Waals surface area contributed by atoms with Crippen LogP contribution in [0.15, 0.2) is 12.3 Å². The van der Waals surface area contributed by atoms with Crippen molar-refractivity contribution < 1.29 is 4.74 Å². The number of nitrogens with two attached hydrogens (primary N) is 1. The van der Waals surface area contributed by atoms with Gasteiger partial charge in [-0.2, -0.15) is 4.98 Å². The lowest BCUT2D eigenvalue weighted by atomic mass is 10.2. The lowest BCUT2D eigenvalue weighted by molar-refractivity contribution is 0.200. The highest BCUT2D eigenvalue weighted by Gasteiger charge is 2.21. The van der Waals surface area contributed by atoms with Crippen molar-refractivity contribution in [2.75, 3.05) is 44.2 Å². The Balaban J connectivity index is 1.93. The zero-order chi connectivity index (χ0) is 14.4. The minimum Gasteiger partial charge on any atom is -0.478 e. The van der Waals surface area contributed by atoms with Crippen LogP contribution in [-0.2, 0) is 0 Å². The van der Waals surface area contributed by atoms with Gasteiger partial charge in [-0.3, -0.25) is 4.90 Å². The first-order chi connectivity index (χ1) is 9.74. The van der Waals surface area contributed by atoms with E-state index < -0.39 is 0 Å². The molecule has 1 aliphatic heterocycles. The fourth-order valence-corrected chi connectivity index (χ4v) is 2.28. The van der Waals surface area contributed by atoms with Gasteiger partial charge in [-0.1, -0.05) is 6.92 Å². The van der Waals surface area contributed by atoms with Crippen LogP contribution in [0.2, 0.25) is 0 Å². The molecule has 0 aromatic carbocycles. The summed E-state index contributed by atoms with van der Waals surface area (Å²) in [5, 5.41) is 0. The predicted molar refractivity (Wildman–Crippen MR) is 80.1 cm³/mol. The van der Waals surface area contributed by atoms with Crippen molar-refractivity contribution in [2.24, 2.45) is 5.73 Å². The van der Waals surface area contributed by atoms with Gasteiger partial charge in [0, 0.05) is 51.0 Å². The molecular weight excluding hydrogens is 254 g/mol. The largest absolute Gasteiger partial charge is 0.478 e. The summed E-state index contributed by atoms with van der Waals surface area (Å²) < 4.78 is 5.56. The highest BCUT2D eigenvalue weighted by atomic mass is 16.5. The van der Waals surface area contributed by atoms with Crippen LogP contribution >= 0.6 is 0 Å². The number of aromatic nitrogens is 2. The van der Waals surface area contributed by atoms with E-state index in [2.05, 4.69) is 33.6 Å². The van der Waals surface area contributed by atoms with E-state index in [-0.39, 0.29) is 0 Å². The van der Waals surface area contributed by atoms with Gasteiger partial charge in [0.2, 0.25) is 11.8 Å². The van der Waals surface area contributed by atoms with Crippen LogP contribution in [0.25, 0.3) is 0 Å². The zero-order valence-electron chi connectivity index (χ0n) is 12.5. The van der Waals surface area contributed by atoms with E-state index in [4.69, 9.17) is 10.5 Å². The van der Waals surface area contributed by atoms with Gasteiger partial charge in [0.1, 0.15) is 0 Å². The number of rotatable bonds is 6. The number of hydrogen-bond acceptors (Lipinski definition) is 6. The van der Waals surface area contributed by atoms with Crippen LogP contribution in [0.1, 0.15) is 20.3 Å². The molecule has 1 unspecified atom stereocenters. The monoisotopic (exact) mass is 279 g/mol. The Morgan fingerprint density at radius 3 is 2.75 bits per heavy atom. The number of anilines is 1. The third-order valence-corrected chi connectivity index (χ3v) is 3.63. The van der Waals surface area contributed by atoms with Crippen molar-refractivity contribution in [3.8, 4) is 5.88 Å². The fraction of sp³-hybridized carbons (Fsp3) is 0.714. The normalized spacial score (nSPS) is 18.1. The molecule has 1 aromatic rings. The van der Waals surface area contributed by atoms with Crippen LogP contribution in [0.3, 0.4) is 0 Å². The van der Waals surface area contributed by atoms with Crippen molar-refractivity contribution in [3.05, 3.63) is 12.3 Å². The number of ether oxygens (including phenoxy) is 1. The summed E-state index contributed by atoms with van der Waals surface area (Å²) in [4.78, 5) is 13.4. The van der Waals surface area contributed by atoms with Crippen LogP contribution in [-0.4, -0.2) is 60.2 Å². The molecule has 6 heteroatoms. The van der Waals surface area contributed by atoms with Gasteiger partial charge in [-0.25, -0.2) is 4.98 Å². The Kier molecular flexibility index (Phi) is 5.55. The average molecular weight is 279 g/mol. The van der Waals surface area contributed by atoms with E-state index in [1.54, 1.807) is 6.20 Å². The Morgan fingerprint density at radius 1 is 1.35 bits per heavy atom. The first-order valence-electron chi connectivity index (χ1n) is 7.39. The molecule has 0 spiro atoms. The molecule has 6 nitrogen and oxygen atoms in total. The molecule has 1 fully saturated rings. The smallest absolute Gasteiger partial charge is 0.228 e. The highest BCUT2D eigenvalue weighted by molar-refractivity contribution is 5.32. The summed E-state index contributed by atoms with van der Waals surface area (Å²) >= 11 is 0. The third-order valence-electron chi connectivity index (χ3n) is 3.63. The van der Waals surface area contributed by atoms with E-state index >= 15 is 0 Å². The van der Waals surface area contributed by atoms with Crippen LogP contribution < -0.4 is 15.4 Å². The summed E-state index contributed by atoms with van der Waals surface area (Å²) in [5.74, 6) is 1.42. The van der Waals surface area contributed by atoms with Gasteiger partial charge in [0.05, 0.1) is 6.61 Å². The van der Waals surface area contributed by atoms with Gasteiger partial charge in [0.25, 0.3) is 0 Å². The Hall–Kier alpha value is -1.40. The van der Waals surface area contributed by atoms with Crippen molar-refractivity contribution in [3.63, 3.8) is 0 Å². The summed E-state index contributed by atoms with van der Waals surface area (Å²) in [7, 11) is 0. The molecule has 0 bridgehead atoms. The van der Waals surface area contributed by atoms with Gasteiger partial charge in [0.15, 0.2) is 0 Å². The lowest BCUT2D eigenvalue weighted by Gasteiger charge is -2.37. The molecule has 2 rings (SSSR count). The maximum atomic E-state index is 5.72. The average Bonchev–Trinajstić information content (AvgIpc) is 2.52. The Labute approximate surface area is 120 Å². The second-order valence-corrected chi connectivity index (χ2v) is 5.15. The SMILES string of the molecule is CCCOc1ccnc(N2CCN(C(C)CN)CC2)n1. The molecule has 0 radical (unpaired) electrons. The van der Waals surface area contributed by atoms with Crippen molar-refractivity contribution >= 4 is 5.95 Å². The molecule has 1 aromatic heterocycles. The first kappa shape index (κ1) is 15.0. The van der Waals surface area contributed by atoms with Gasteiger partial charge < -0.3 is 15.4 Å². The molecule has 112 valence electrons. The Morgan fingerprint density at radius 2 is 2.10 bits per heavy atom. The van der Waals surface area contributed by atoms with E-state index in [0.29, 0.717) is 25.1 Å². The fourth-order valence-electron chi connectivity index (χ4n) is 2.28. The Bertz CT molecular complexity index is 406. The molecule has 1 atom stereocenters. The lowest BCUT2D eigenvalue weighted by Crippen LogP contribution is -2.51. The van der Waals surface area contributed by atoms with Crippen LogP contribution in [0.4, 0.5) is 5.95 Å². The highest BCUT2D eigenvalue weighted by Crippen LogP contribution is 2.15. The maximum Gasteiger partial charge on any atom is 0.228 e. The molecule has 0 aliphatic carbocycles. The number of nitrogens with zero attached hydrogens (tertiary/aromatic N) is 4. The predicted octanol–water partition coefficient (Wildman–Crippen LogP) is 0.735. The van der Waals surface area contributed by atoms with Gasteiger partial charge in [-0.05, 0) is 13.3 Å². The van der Waals surface area contributed by atoms with Crippen LogP contribution in [0.5, 0.6) is 5.88 Å². The second kappa shape index (κ2) is 7.40. The van der Waals surface area contributed by atoms with Crippen molar-refractivity contribution in [1.29, 1.82) is 0 Å². The zero-order valence-corrected chi connectivity index (χ0v) is 12.5. The van der Waals surface area contributed by atoms with E-state index in [1.165, 1.54) is 0 Å². The molecule has 2 N–H and O–H groups in total. The quantitative estimate of drug-likeness (QED) is 0.828. The minimum atomic E-state index is 0.442. The maximum absolute atomic E-state index is 5.72. The summed E-state index contributed by atoms with van der Waals surface area (Å²) in [6, 6.07) is 2.25. The molecule has 1 saturated heterocycles. The molecule has 0 amide bonds. The standard InChI is InChI=1S/C14H25N5O/c1-3-10-20-13-4-5-16-14(17-13)19-8-6-18(7-9-19)12(2)11-15/h4-5,12H,3,6-11,15H2,1-2H3. The summed E-state index contributed by atoms with van der Waals surface area (Å²) in [6.07, 6.45) is 2.75. The molecular formula is C14H25N5O. The van der Waals surface area contributed by atoms with Crippen LogP contribution in [0, 0.1) is 0 Å². The minimum absolute atomic E-state index is 0.442. The second-order valence-electron chi connectivity index (χ2n) is 5.15. The summed E-state index contributed by atoms with van der Waals surface area (Å²) in [6.45, 7) is 9.52. The van der Waals surface area contributed by atoms with E-state index in [1.807, 2.05) is 6.07 Å². The summed E-state index contributed by atoms with van der Waals surface area (Å²) in [5.41, 5.74) is 5.72. The van der Waals surface area contributed by atoms with E-state index in [9.17, 15) is 0 Å².